The molecule has 0 rings (SSSR count). The number of carbonyl (C=O) groups is 1. The summed E-state index contributed by atoms with van der Waals surface area (Å²) in [7, 11) is 0. The molecule has 0 fully saturated rings. The molecule has 64 valence electrons. The molecule has 0 aliphatic carbocycles. The number of aldehydes is 1. The van der Waals surface area contributed by atoms with E-state index in [1.54, 1.807) is 6.92 Å². The standard InChI is InChI=1S/C8H15O3/c1-6(3-4-9)8(11)7(2)5-10/h5-9,11H,2-4H2,1H3/q+1. The average Bonchev–Trinajstić information content (AvgIpc) is 2.02. The summed E-state index contributed by atoms with van der Waals surface area (Å²) in [6.07, 6.45) is 0.388. The van der Waals surface area contributed by atoms with Crippen LogP contribution in [0.15, 0.2) is 0 Å². The molecule has 0 saturated carbocycles. The lowest BCUT2D eigenvalue weighted by Crippen LogP contribution is -2.27. The fourth-order valence-corrected chi connectivity index (χ4v) is 0.877. The van der Waals surface area contributed by atoms with Gasteiger partial charge in [-0.05, 0) is 12.3 Å². The Kier molecular flexibility index (Phi) is 4.90. The molecule has 0 aliphatic heterocycles. The van der Waals surface area contributed by atoms with Gasteiger partial charge in [-0.2, -0.15) is 0 Å². The fraction of sp³-hybridized carbons (Fsp3) is 0.750. The van der Waals surface area contributed by atoms with E-state index in [1.165, 1.54) is 0 Å². The van der Waals surface area contributed by atoms with E-state index in [0.717, 1.165) is 0 Å². The van der Waals surface area contributed by atoms with Gasteiger partial charge < -0.3 is 10.2 Å². The third kappa shape index (κ3) is 3.39. The lowest BCUT2D eigenvalue weighted by atomic mass is 9.92. The van der Waals surface area contributed by atoms with Crippen LogP contribution in [0.5, 0.6) is 0 Å². The average molecular weight is 159 g/mol. The largest absolute Gasteiger partial charge is 0.396 e. The zero-order chi connectivity index (χ0) is 8.85. The molecule has 3 atom stereocenters. The molecule has 0 aliphatic rings. The number of aliphatic hydroxyl groups excluding tert-OH is 2. The number of carbonyl (C=O) groups excluding carboxylic acids is 1. The van der Waals surface area contributed by atoms with Crippen molar-refractivity contribution in [2.24, 2.45) is 11.8 Å². The molecular formula is C8H15O3+. The molecule has 0 spiro atoms. The lowest BCUT2D eigenvalue weighted by molar-refractivity contribution is -0.113. The van der Waals surface area contributed by atoms with Gasteiger partial charge in [-0.25, -0.2) is 0 Å². The molecule has 3 heteroatoms. The van der Waals surface area contributed by atoms with E-state index in [2.05, 4.69) is 6.92 Å². The van der Waals surface area contributed by atoms with Crippen LogP contribution >= 0.6 is 0 Å². The van der Waals surface area contributed by atoms with Gasteiger partial charge in [0.25, 0.3) is 0 Å². The molecule has 2 N–H and O–H groups in total. The minimum Gasteiger partial charge on any atom is -0.396 e. The second kappa shape index (κ2) is 5.16. The van der Waals surface area contributed by atoms with Gasteiger partial charge in [0.1, 0.15) is 6.10 Å². The summed E-state index contributed by atoms with van der Waals surface area (Å²) in [6, 6.07) is 0. The summed E-state index contributed by atoms with van der Waals surface area (Å²) >= 11 is 0. The van der Waals surface area contributed by atoms with Crippen LogP contribution in [-0.4, -0.2) is 29.2 Å². The van der Waals surface area contributed by atoms with Gasteiger partial charge in [-0.15, -0.1) is 0 Å². The van der Waals surface area contributed by atoms with E-state index in [0.29, 0.717) is 12.7 Å². The van der Waals surface area contributed by atoms with Crippen molar-refractivity contribution >= 4 is 6.29 Å². The second-order valence-electron chi connectivity index (χ2n) is 2.78. The summed E-state index contributed by atoms with van der Waals surface area (Å²) in [6.45, 7) is 5.27. The van der Waals surface area contributed by atoms with Crippen molar-refractivity contribution in [1.29, 1.82) is 0 Å². The van der Waals surface area contributed by atoms with Gasteiger partial charge in [0, 0.05) is 6.61 Å². The number of hydrogen-bond donors (Lipinski definition) is 2. The van der Waals surface area contributed by atoms with Crippen molar-refractivity contribution in [3.63, 3.8) is 0 Å². The first-order valence-corrected chi connectivity index (χ1v) is 3.70. The van der Waals surface area contributed by atoms with Gasteiger partial charge in [-0.3, -0.25) is 4.79 Å². The van der Waals surface area contributed by atoms with E-state index >= 15 is 0 Å². The first-order valence-electron chi connectivity index (χ1n) is 3.70. The molecule has 0 aromatic heterocycles. The number of hydrogen-bond acceptors (Lipinski definition) is 3. The Balaban J connectivity index is 3.79. The van der Waals surface area contributed by atoms with Crippen LogP contribution < -0.4 is 0 Å². The predicted molar refractivity (Wildman–Crippen MR) is 41.8 cm³/mol. The normalized spacial score (nSPS) is 18.8. The van der Waals surface area contributed by atoms with E-state index < -0.39 is 12.0 Å². The summed E-state index contributed by atoms with van der Waals surface area (Å²) in [5, 5.41) is 17.8. The highest BCUT2D eigenvalue weighted by atomic mass is 16.3. The van der Waals surface area contributed by atoms with Crippen LogP contribution in [0.4, 0.5) is 0 Å². The molecule has 3 nitrogen and oxygen atoms in total. The summed E-state index contributed by atoms with van der Waals surface area (Å²) < 4.78 is 0. The number of rotatable bonds is 5. The fourth-order valence-electron chi connectivity index (χ4n) is 0.877. The van der Waals surface area contributed by atoms with Gasteiger partial charge in [0.15, 0.2) is 12.2 Å². The summed E-state index contributed by atoms with van der Waals surface area (Å²) in [5.41, 5.74) is 0. The minimum atomic E-state index is -0.736. The van der Waals surface area contributed by atoms with Crippen molar-refractivity contribution in [2.75, 3.05) is 6.61 Å². The Labute approximate surface area is 67.0 Å². The van der Waals surface area contributed by atoms with Crippen LogP contribution in [-0.2, 0) is 4.79 Å². The Morgan fingerprint density at radius 2 is 2.18 bits per heavy atom. The first-order chi connectivity index (χ1) is 5.13. The molecule has 11 heavy (non-hydrogen) atoms. The highest BCUT2D eigenvalue weighted by Gasteiger charge is 2.24. The molecule has 0 bridgehead atoms. The zero-order valence-corrected chi connectivity index (χ0v) is 6.73. The Morgan fingerprint density at radius 1 is 1.64 bits per heavy atom. The van der Waals surface area contributed by atoms with Gasteiger partial charge in [0.05, 0.1) is 6.92 Å². The van der Waals surface area contributed by atoms with Crippen LogP contribution in [0, 0.1) is 18.8 Å². The van der Waals surface area contributed by atoms with E-state index in [1.807, 2.05) is 0 Å². The summed E-state index contributed by atoms with van der Waals surface area (Å²) in [5.74, 6) is -0.663. The number of aliphatic hydroxyl groups is 2. The Morgan fingerprint density at radius 3 is 2.55 bits per heavy atom. The van der Waals surface area contributed by atoms with Gasteiger partial charge >= 0.3 is 0 Å². The van der Waals surface area contributed by atoms with Crippen LogP contribution in [0.25, 0.3) is 0 Å². The maximum atomic E-state index is 10.2. The maximum absolute atomic E-state index is 10.2. The molecular weight excluding hydrogens is 144 g/mol. The minimum absolute atomic E-state index is 0.0316. The van der Waals surface area contributed by atoms with E-state index in [9.17, 15) is 9.90 Å². The lowest BCUT2D eigenvalue weighted by Gasteiger charge is -2.16. The van der Waals surface area contributed by atoms with Crippen molar-refractivity contribution in [2.45, 2.75) is 19.4 Å². The molecule has 0 saturated heterocycles. The molecule has 3 unspecified atom stereocenters. The Hall–Kier alpha value is -0.540. The van der Waals surface area contributed by atoms with E-state index in [-0.39, 0.29) is 12.5 Å². The van der Waals surface area contributed by atoms with Crippen molar-refractivity contribution in [3.8, 4) is 0 Å². The SMILES string of the molecule is [CH2+]C(C=O)C(O)C(C)CCO. The monoisotopic (exact) mass is 159 g/mol. The second-order valence-corrected chi connectivity index (χ2v) is 2.78. The predicted octanol–water partition coefficient (Wildman–Crippen LogP) is 0.0150. The zero-order valence-electron chi connectivity index (χ0n) is 6.73. The third-order valence-corrected chi connectivity index (χ3v) is 1.78. The topological polar surface area (TPSA) is 57.5 Å². The molecule has 0 amide bonds. The van der Waals surface area contributed by atoms with Crippen LogP contribution in [0.2, 0.25) is 0 Å². The molecule has 0 aromatic carbocycles. The smallest absolute Gasteiger partial charge is 0.176 e. The van der Waals surface area contributed by atoms with Crippen LogP contribution in [0.3, 0.4) is 0 Å². The quantitative estimate of drug-likeness (QED) is 0.439. The molecule has 0 heterocycles. The van der Waals surface area contributed by atoms with Gasteiger partial charge in [0.2, 0.25) is 0 Å². The van der Waals surface area contributed by atoms with Gasteiger partial charge in [-0.1, -0.05) is 6.92 Å². The highest BCUT2D eigenvalue weighted by molar-refractivity contribution is 5.55. The van der Waals surface area contributed by atoms with Crippen molar-refractivity contribution < 1.29 is 15.0 Å². The third-order valence-electron chi connectivity index (χ3n) is 1.78. The highest BCUT2D eigenvalue weighted by Crippen LogP contribution is 2.13. The van der Waals surface area contributed by atoms with Crippen LogP contribution in [0.1, 0.15) is 13.3 Å². The van der Waals surface area contributed by atoms with E-state index in [4.69, 9.17) is 5.11 Å². The Bertz CT molecular complexity index is 114. The molecule has 0 aromatic rings. The first kappa shape index (κ1) is 10.5. The van der Waals surface area contributed by atoms with Crippen molar-refractivity contribution in [3.05, 3.63) is 6.92 Å². The van der Waals surface area contributed by atoms with Crippen molar-refractivity contribution in [1.82, 2.24) is 0 Å². The summed E-state index contributed by atoms with van der Waals surface area (Å²) in [4.78, 5) is 10.2. The molecule has 0 radical (unpaired) electrons. The maximum Gasteiger partial charge on any atom is 0.176 e.